The van der Waals surface area contributed by atoms with Crippen molar-refractivity contribution in [3.05, 3.63) is 84.7 Å². The van der Waals surface area contributed by atoms with Crippen molar-refractivity contribution in [2.45, 2.75) is 13.0 Å². The van der Waals surface area contributed by atoms with Gasteiger partial charge in [0.15, 0.2) is 0 Å². The van der Waals surface area contributed by atoms with Crippen LogP contribution in [0.4, 0.5) is 0 Å². The van der Waals surface area contributed by atoms with Crippen LogP contribution in [0.5, 0.6) is 0 Å². The molecule has 2 aromatic rings. The van der Waals surface area contributed by atoms with Crippen LogP contribution in [-0.4, -0.2) is 25.0 Å². The minimum absolute atomic E-state index is 0.380. The fourth-order valence-electron chi connectivity index (χ4n) is 2.23. The summed E-state index contributed by atoms with van der Waals surface area (Å²) in [6.45, 7) is 6.29. The van der Waals surface area contributed by atoms with Crippen LogP contribution in [0.15, 0.2) is 84.7 Å². The molecule has 0 radical (unpaired) electrons. The lowest BCUT2D eigenvalue weighted by molar-refractivity contribution is 0.364. The summed E-state index contributed by atoms with van der Waals surface area (Å²) < 4.78 is 0. The topological polar surface area (TPSA) is 3.24 Å². The normalized spacial score (nSPS) is 13.4. The van der Waals surface area contributed by atoms with Crippen LogP contribution in [0, 0.1) is 0 Å². The van der Waals surface area contributed by atoms with E-state index in [2.05, 4.69) is 99.2 Å². The smallest absolute Gasteiger partial charge is 0.0253 e. The molecule has 2 rings (SSSR count). The Labute approximate surface area is 135 Å². The molecule has 0 unspecified atom stereocenters. The Morgan fingerprint density at radius 3 is 1.77 bits per heavy atom. The van der Waals surface area contributed by atoms with Gasteiger partial charge < -0.3 is 4.90 Å². The number of allylic oxidation sites excluding steroid dienone is 2. The van der Waals surface area contributed by atoms with Crippen molar-refractivity contribution in [1.82, 2.24) is 4.90 Å². The van der Waals surface area contributed by atoms with Gasteiger partial charge in [-0.15, -0.1) is 0 Å². The van der Waals surface area contributed by atoms with E-state index in [4.69, 9.17) is 0 Å². The number of benzene rings is 2. The molecular weight excluding hydrogens is 285 g/mol. The Morgan fingerprint density at radius 1 is 0.955 bits per heavy atom. The van der Waals surface area contributed by atoms with Crippen molar-refractivity contribution in [3.63, 3.8) is 0 Å². The van der Waals surface area contributed by atoms with E-state index in [1.165, 1.54) is 15.9 Å². The standard InChI is InChI=1S/C20H24NP/c1-5-18(16-17(2)21(3)4)22(19-12-8-6-9-13-19)20-14-10-7-11-15-20/h5-17H,1H2,2-4H3/b18-16+/t17-/m0/s1. The predicted octanol–water partition coefficient (Wildman–Crippen LogP) is 4.14. The predicted molar refractivity (Wildman–Crippen MR) is 101 cm³/mol. The summed E-state index contributed by atoms with van der Waals surface area (Å²) in [5.74, 6) is 0. The summed E-state index contributed by atoms with van der Waals surface area (Å²) in [7, 11) is 3.66. The van der Waals surface area contributed by atoms with E-state index in [0.717, 1.165) is 0 Å². The molecule has 0 aliphatic carbocycles. The number of likely N-dealkylation sites (N-methyl/N-ethyl adjacent to an activating group) is 1. The lowest BCUT2D eigenvalue weighted by Crippen LogP contribution is -2.23. The van der Waals surface area contributed by atoms with Gasteiger partial charge in [-0.1, -0.05) is 79.4 Å². The number of rotatable bonds is 6. The second-order valence-corrected chi connectivity index (χ2v) is 7.73. The van der Waals surface area contributed by atoms with Crippen LogP contribution in [-0.2, 0) is 0 Å². The highest BCUT2D eigenvalue weighted by atomic mass is 31.1. The van der Waals surface area contributed by atoms with Crippen LogP contribution in [0.3, 0.4) is 0 Å². The molecule has 0 aliphatic heterocycles. The Bertz CT molecular complexity index is 577. The van der Waals surface area contributed by atoms with Crippen molar-refractivity contribution < 1.29 is 0 Å². The van der Waals surface area contributed by atoms with Gasteiger partial charge in [0.1, 0.15) is 0 Å². The van der Waals surface area contributed by atoms with Gasteiger partial charge >= 0.3 is 0 Å². The van der Waals surface area contributed by atoms with Gasteiger partial charge in [0.2, 0.25) is 0 Å². The lowest BCUT2D eigenvalue weighted by Gasteiger charge is -2.23. The third-order valence-electron chi connectivity index (χ3n) is 3.72. The third kappa shape index (κ3) is 4.16. The zero-order valence-corrected chi connectivity index (χ0v) is 14.5. The first-order chi connectivity index (χ1) is 10.6. The van der Waals surface area contributed by atoms with Crippen molar-refractivity contribution in [2.75, 3.05) is 14.1 Å². The summed E-state index contributed by atoms with van der Waals surface area (Å²) >= 11 is 0. The molecule has 0 heterocycles. The molecule has 114 valence electrons. The first-order valence-corrected chi connectivity index (χ1v) is 8.88. The molecule has 0 saturated carbocycles. The molecule has 0 spiro atoms. The highest BCUT2D eigenvalue weighted by Gasteiger charge is 2.17. The number of nitrogens with zero attached hydrogens (tertiary/aromatic N) is 1. The average Bonchev–Trinajstić information content (AvgIpc) is 2.56. The molecule has 0 N–H and O–H groups in total. The van der Waals surface area contributed by atoms with E-state index in [1.807, 2.05) is 6.08 Å². The molecule has 2 aromatic carbocycles. The van der Waals surface area contributed by atoms with E-state index in [1.54, 1.807) is 0 Å². The molecule has 1 atom stereocenters. The highest BCUT2D eigenvalue weighted by molar-refractivity contribution is 7.77. The monoisotopic (exact) mass is 309 g/mol. The molecule has 2 heteroatoms. The fraction of sp³-hybridized carbons (Fsp3) is 0.200. The van der Waals surface area contributed by atoms with Crippen molar-refractivity contribution in [2.24, 2.45) is 0 Å². The van der Waals surface area contributed by atoms with E-state index < -0.39 is 7.92 Å². The van der Waals surface area contributed by atoms with Gasteiger partial charge in [0, 0.05) is 6.04 Å². The van der Waals surface area contributed by atoms with Crippen molar-refractivity contribution >= 4 is 18.5 Å². The summed E-state index contributed by atoms with van der Waals surface area (Å²) in [6, 6.07) is 21.9. The molecule has 22 heavy (non-hydrogen) atoms. The SMILES string of the molecule is C=C/C(=C\[C@H](C)N(C)C)P(c1ccccc1)c1ccccc1. The first kappa shape index (κ1) is 16.7. The van der Waals surface area contributed by atoms with Crippen LogP contribution in [0.2, 0.25) is 0 Å². The number of hydrogen-bond acceptors (Lipinski definition) is 1. The maximum Gasteiger partial charge on any atom is 0.0253 e. The molecule has 0 fully saturated rings. The zero-order valence-electron chi connectivity index (χ0n) is 13.6. The van der Waals surface area contributed by atoms with E-state index >= 15 is 0 Å². The van der Waals surface area contributed by atoms with Crippen LogP contribution < -0.4 is 10.6 Å². The summed E-state index contributed by atoms with van der Waals surface area (Å²) in [5, 5.41) is 4.04. The maximum atomic E-state index is 4.07. The van der Waals surface area contributed by atoms with E-state index in [0.29, 0.717) is 6.04 Å². The van der Waals surface area contributed by atoms with Crippen LogP contribution in [0.25, 0.3) is 0 Å². The third-order valence-corrected chi connectivity index (χ3v) is 6.20. The highest BCUT2D eigenvalue weighted by Crippen LogP contribution is 2.43. The Hall–Kier alpha value is -1.69. The van der Waals surface area contributed by atoms with E-state index in [9.17, 15) is 0 Å². The zero-order chi connectivity index (χ0) is 15.9. The van der Waals surface area contributed by atoms with E-state index in [-0.39, 0.29) is 0 Å². The summed E-state index contributed by atoms with van der Waals surface area (Å²) in [6.07, 6.45) is 4.35. The fourth-order valence-corrected chi connectivity index (χ4v) is 4.61. The Morgan fingerprint density at radius 2 is 1.41 bits per heavy atom. The molecule has 0 aliphatic rings. The van der Waals surface area contributed by atoms with Crippen LogP contribution >= 0.6 is 7.92 Å². The quantitative estimate of drug-likeness (QED) is 0.572. The van der Waals surface area contributed by atoms with Gasteiger partial charge in [-0.3, -0.25) is 0 Å². The molecule has 0 aromatic heterocycles. The van der Waals surface area contributed by atoms with Gasteiger partial charge in [0.25, 0.3) is 0 Å². The molecule has 1 nitrogen and oxygen atoms in total. The maximum absolute atomic E-state index is 4.07. The van der Waals surface area contributed by atoms with Gasteiger partial charge in [-0.2, -0.15) is 0 Å². The second-order valence-electron chi connectivity index (χ2n) is 5.51. The first-order valence-electron chi connectivity index (χ1n) is 7.54. The van der Waals surface area contributed by atoms with Crippen molar-refractivity contribution in [3.8, 4) is 0 Å². The minimum Gasteiger partial charge on any atom is -0.303 e. The minimum atomic E-state index is -0.555. The summed E-state index contributed by atoms with van der Waals surface area (Å²) in [4.78, 5) is 2.22. The molecular formula is C20H24NP. The number of hydrogen-bond donors (Lipinski definition) is 0. The summed E-state index contributed by atoms with van der Waals surface area (Å²) in [5.41, 5.74) is 0. The molecule has 0 saturated heterocycles. The average molecular weight is 309 g/mol. The van der Waals surface area contributed by atoms with Crippen molar-refractivity contribution in [1.29, 1.82) is 0 Å². The Kier molecular flexibility index (Phi) is 6.12. The van der Waals surface area contributed by atoms with Gasteiger partial charge in [-0.05, 0) is 44.9 Å². The largest absolute Gasteiger partial charge is 0.303 e. The van der Waals surface area contributed by atoms with Gasteiger partial charge in [0.05, 0.1) is 0 Å². The Balaban J connectivity index is 2.50. The molecule has 0 amide bonds. The van der Waals surface area contributed by atoms with Gasteiger partial charge in [-0.25, -0.2) is 0 Å². The van der Waals surface area contributed by atoms with Crippen LogP contribution in [0.1, 0.15) is 6.92 Å². The molecule has 0 bridgehead atoms. The lowest BCUT2D eigenvalue weighted by atomic mass is 10.3. The second kappa shape index (κ2) is 8.08.